The van der Waals surface area contributed by atoms with Gasteiger partial charge in [0.1, 0.15) is 29.7 Å². The zero-order valence-electron chi connectivity index (χ0n) is 14.9. The van der Waals surface area contributed by atoms with E-state index in [0.717, 1.165) is 30.9 Å². The lowest BCUT2D eigenvalue weighted by atomic mass is 10.1. The van der Waals surface area contributed by atoms with Gasteiger partial charge in [-0.15, -0.1) is 11.8 Å². The highest BCUT2D eigenvalue weighted by Gasteiger charge is 2.43. The number of thioether (sulfide) groups is 1. The van der Waals surface area contributed by atoms with Gasteiger partial charge < -0.3 is 9.69 Å². The molecule has 0 N–H and O–H groups in total. The number of halogens is 4. The molecule has 0 bridgehead atoms. The van der Waals surface area contributed by atoms with Crippen LogP contribution in [0.5, 0.6) is 0 Å². The summed E-state index contributed by atoms with van der Waals surface area (Å²) in [5.74, 6) is -2.51. The Kier molecular flexibility index (Phi) is 6.19. The number of hydrogen-bond acceptors (Lipinski definition) is 5. The lowest BCUT2D eigenvalue weighted by molar-refractivity contribution is -0.121. The molecule has 0 spiro atoms. The fourth-order valence-corrected chi connectivity index (χ4v) is 3.45. The van der Waals surface area contributed by atoms with E-state index in [-0.39, 0.29) is 16.1 Å². The highest BCUT2D eigenvalue weighted by molar-refractivity contribution is 8.00. The Balaban J connectivity index is 2.57. The molecule has 1 aliphatic heterocycles. The van der Waals surface area contributed by atoms with Gasteiger partial charge in [0.15, 0.2) is 0 Å². The highest BCUT2D eigenvalue weighted by atomic mass is 32.2. The van der Waals surface area contributed by atoms with Crippen LogP contribution in [0.3, 0.4) is 0 Å². The van der Waals surface area contributed by atoms with Crippen molar-refractivity contribution in [2.75, 3.05) is 11.9 Å². The summed E-state index contributed by atoms with van der Waals surface area (Å²) in [6, 6.07) is 3.84. The minimum atomic E-state index is -4.79. The Labute approximate surface area is 162 Å². The Hall–Kier alpha value is -2.80. The van der Waals surface area contributed by atoms with E-state index >= 15 is 0 Å². The average molecular weight is 413 g/mol. The molecule has 1 amide bonds. The van der Waals surface area contributed by atoms with Crippen molar-refractivity contribution in [3.63, 3.8) is 0 Å². The van der Waals surface area contributed by atoms with Gasteiger partial charge in [-0.3, -0.25) is 9.69 Å². The molecule has 1 heterocycles. The number of nitrogens with zero attached hydrogens (tertiary/aromatic N) is 3. The van der Waals surface area contributed by atoms with Crippen molar-refractivity contribution in [1.82, 2.24) is 4.90 Å². The van der Waals surface area contributed by atoms with Crippen LogP contribution >= 0.6 is 11.8 Å². The Morgan fingerprint density at radius 3 is 2.54 bits per heavy atom. The largest absolute Gasteiger partial charge is 0.431 e. The number of aldehydes is 1. The van der Waals surface area contributed by atoms with E-state index in [9.17, 15) is 32.4 Å². The molecule has 28 heavy (non-hydrogen) atoms. The third-order valence-electron chi connectivity index (χ3n) is 4.02. The molecule has 0 saturated carbocycles. The van der Waals surface area contributed by atoms with Crippen molar-refractivity contribution in [1.29, 1.82) is 5.26 Å². The van der Waals surface area contributed by atoms with Gasteiger partial charge in [-0.25, -0.2) is 4.39 Å². The van der Waals surface area contributed by atoms with E-state index in [1.54, 1.807) is 13.0 Å². The van der Waals surface area contributed by atoms with Crippen molar-refractivity contribution in [3.05, 3.63) is 47.7 Å². The van der Waals surface area contributed by atoms with E-state index < -0.39 is 34.7 Å². The van der Waals surface area contributed by atoms with Crippen LogP contribution in [0.4, 0.5) is 23.2 Å². The zero-order valence-corrected chi connectivity index (χ0v) is 15.7. The Bertz CT molecular complexity index is 905. The fourth-order valence-electron chi connectivity index (χ4n) is 2.49. The second-order valence-corrected chi connectivity index (χ2v) is 7.07. The van der Waals surface area contributed by atoms with Gasteiger partial charge >= 0.3 is 6.18 Å². The monoisotopic (exact) mass is 413 g/mol. The molecule has 0 aromatic heterocycles. The van der Waals surface area contributed by atoms with Gasteiger partial charge in [-0.05, 0) is 18.6 Å². The van der Waals surface area contributed by atoms with Crippen LogP contribution in [0.1, 0.15) is 18.9 Å². The van der Waals surface area contributed by atoms with E-state index in [2.05, 4.69) is 6.58 Å². The van der Waals surface area contributed by atoms with Crippen molar-refractivity contribution < 1.29 is 27.2 Å². The number of carbonyl (C=O) groups is 2. The molecule has 5 nitrogen and oxygen atoms in total. The van der Waals surface area contributed by atoms with Gasteiger partial charge in [-0.2, -0.15) is 18.4 Å². The van der Waals surface area contributed by atoms with E-state index in [4.69, 9.17) is 0 Å². The topological polar surface area (TPSA) is 64.4 Å². The predicted molar refractivity (Wildman–Crippen MR) is 95.6 cm³/mol. The van der Waals surface area contributed by atoms with Crippen LogP contribution in [-0.2, 0) is 9.59 Å². The smallest absolute Gasteiger partial charge is 0.327 e. The Morgan fingerprint density at radius 2 is 2.04 bits per heavy atom. The normalized spacial score (nSPS) is 16.0. The second kappa shape index (κ2) is 8.06. The number of rotatable bonds is 5. The maximum atomic E-state index is 14.6. The molecule has 1 atom stereocenters. The first-order chi connectivity index (χ1) is 13.0. The molecule has 0 fully saturated rings. The van der Waals surface area contributed by atoms with Crippen molar-refractivity contribution >= 4 is 29.6 Å². The quantitative estimate of drug-likeness (QED) is 0.415. The maximum Gasteiger partial charge on any atom is 0.431 e. The number of allylic oxidation sites excluding steroid dienone is 1. The third-order valence-corrected chi connectivity index (χ3v) is 5.36. The number of alkyl halides is 3. The maximum absolute atomic E-state index is 14.6. The number of carbonyl (C=O) groups excluding carboxylic acids is 2. The summed E-state index contributed by atoms with van der Waals surface area (Å²) in [4.78, 5) is 25.0. The summed E-state index contributed by atoms with van der Waals surface area (Å²) < 4.78 is 53.8. The minimum absolute atomic E-state index is 0.0542. The molecule has 1 aliphatic rings. The van der Waals surface area contributed by atoms with Crippen LogP contribution in [0.25, 0.3) is 0 Å². The van der Waals surface area contributed by atoms with Crippen molar-refractivity contribution in [2.45, 2.75) is 29.7 Å². The zero-order chi connectivity index (χ0) is 21.2. The van der Waals surface area contributed by atoms with E-state index in [1.165, 1.54) is 0 Å². The molecular formula is C18H15F4N3O2S. The van der Waals surface area contributed by atoms with Crippen molar-refractivity contribution in [3.8, 4) is 6.07 Å². The van der Waals surface area contributed by atoms with Gasteiger partial charge in [0.05, 0.1) is 16.5 Å². The molecular weight excluding hydrogens is 398 g/mol. The molecule has 1 aromatic rings. The SMILES string of the molecule is C=C1N(C)C(C(F)(F)F)=CC(=O)N1c1cc(SC(C=O)CC)c(C#N)cc1F. The molecule has 148 valence electrons. The van der Waals surface area contributed by atoms with Crippen LogP contribution in [0, 0.1) is 17.1 Å². The standard InChI is InChI=1S/C18H15F4N3O2S/c1-4-12(9-26)28-15-6-14(13(19)5-11(15)8-23)25-10(2)24(3)16(7-17(25)27)18(20,21)22/h5-7,9,12H,2,4H2,1,3H3. The number of amides is 1. The third kappa shape index (κ3) is 4.04. The first kappa shape index (κ1) is 21.5. The van der Waals surface area contributed by atoms with Gasteiger partial charge in [0.25, 0.3) is 5.91 Å². The Morgan fingerprint density at radius 1 is 1.39 bits per heavy atom. The molecule has 0 radical (unpaired) electrons. The lowest BCUT2D eigenvalue weighted by Gasteiger charge is -2.37. The number of anilines is 1. The number of benzene rings is 1. The lowest BCUT2D eigenvalue weighted by Crippen LogP contribution is -2.44. The van der Waals surface area contributed by atoms with Crippen LogP contribution in [0.2, 0.25) is 0 Å². The summed E-state index contributed by atoms with van der Waals surface area (Å²) in [5.41, 5.74) is -1.64. The number of hydrogen-bond donors (Lipinski definition) is 0. The van der Waals surface area contributed by atoms with E-state index in [1.807, 2.05) is 0 Å². The van der Waals surface area contributed by atoms with E-state index in [0.29, 0.717) is 28.6 Å². The summed E-state index contributed by atoms with van der Waals surface area (Å²) in [6.07, 6.45) is -3.32. The number of nitriles is 1. The minimum Gasteiger partial charge on any atom is -0.327 e. The summed E-state index contributed by atoms with van der Waals surface area (Å²) in [5, 5.41) is 8.70. The van der Waals surface area contributed by atoms with Crippen LogP contribution < -0.4 is 4.90 Å². The first-order valence-electron chi connectivity index (χ1n) is 7.96. The summed E-state index contributed by atoms with van der Waals surface area (Å²) >= 11 is 1.00. The molecule has 1 aromatic carbocycles. The van der Waals surface area contributed by atoms with Crippen LogP contribution in [0.15, 0.2) is 41.2 Å². The fraction of sp³-hybridized carbons (Fsp3) is 0.278. The molecule has 0 aliphatic carbocycles. The average Bonchev–Trinajstić information content (AvgIpc) is 2.63. The highest BCUT2D eigenvalue weighted by Crippen LogP contribution is 2.39. The molecule has 2 rings (SSSR count). The summed E-state index contributed by atoms with van der Waals surface area (Å²) in [6.45, 7) is 5.22. The summed E-state index contributed by atoms with van der Waals surface area (Å²) in [7, 11) is 1.05. The van der Waals surface area contributed by atoms with Crippen molar-refractivity contribution in [2.24, 2.45) is 0 Å². The van der Waals surface area contributed by atoms with Gasteiger partial charge in [-0.1, -0.05) is 13.5 Å². The van der Waals surface area contributed by atoms with Crippen LogP contribution in [-0.4, -0.2) is 35.6 Å². The molecule has 1 unspecified atom stereocenters. The van der Waals surface area contributed by atoms with Gasteiger partial charge in [0, 0.05) is 18.0 Å². The molecule has 10 heteroatoms. The first-order valence-corrected chi connectivity index (χ1v) is 8.84. The van der Waals surface area contributed by atoms with Gasteiger partial charge in [0.2, 0.25) is 0 Å². The second-order valence-electron chi connectivity index (χ2n) is 5.79. The predicted octanol–water partition coefficient (Wildman–Crippen LogP) is 3.96. The molecule has 0 saturated heterocycles.